The molecule has 0 bridgehead atoms. The minimum atomic E-state index is -0.133. The number of carbonyl (C=O) groups is 2. The van der Waals surface area contributed by atoms with Crippen molar-refractivity contribution in [1.29, 1.82) is 0 Å². The third-order valence-corrected chi connectivity index (χ3v) is 4.46. The summed E-state index contributed by atoms with van der Waals surface area (Å²) in [4.78, 5) is 23.4. The van der Waals surface area contributed by atoms with Crippen molar-refractivity contribution >= 4 is 17.5 Å². The molecule has 0 radical (unpaired) electrons. The topological polar surface area (TPSA) is 76.7 Å². The Morgan fingerprint density at radius 2 is 2.33 bits per heavy atom. The molecule has 2 heterocycles. The molecule has 2 atom stereocenters. The van der Waals surface area contributed by atoms with Gasteiger partial charge in [-0.3, -0.25) is 9.59 Å². The molecular weight excluding hydrogens is 308 g/mol. The first-order valence-corrected chi connectivity index (χ1v) is 8.53. The minimum Gasteiger partial charge on any atom is -0.376 e. The molecule has 1 saturated heterocycles. The van der Waals surface area contributed by atoms with E-state index in [2.05, 4.69) is 10.6 Å². The van der Waals surface area contributed by atoms with Crippen LogP contribution >= 0.6 is 0 Å². The standard InChI is InChI=1S/C18H24N2O4/c1-12(19-18(22)11-23-10-15-3-2-8-24-15)13-4-6-16-14(9-13)5-7-17(21)20-16/h4,6,9,12,15H,2-3,5,7-8,10-11H2,1H3,(H,19,22)(H,20,21)/t12-,15+/m0/s1. The minimum absolute atomic E-state index is 0.0468. The van der Waals surface area contributed by atoms with E-state index in [-0.39, 0.29) is 30.6 Å². The van der Waals surface area contributed by atoms with Crippen LogP contribution in [0.25, 0.3) is 0 Å². The third-order valence-electron chi connectivity index (χ3n) is 4.46. The van der Waals surface area contributed by atoms with Gasteiger partial charge in [-0.15, -0.1) is 0 Å². The molecule has 0 saturated carbocycles. The number of aryl methyl sites for hydroxylation is 1. The molecule has 3 rings (SSSR count). The molecule has 0 spiro atoms. The Morgan fingerprint density at radius 1 is 1.46 bits per heavy atom. The molecule has 0 aliphatic carbocycles. The predicted molar refractivity (Wildman–Crippen MR) is 89.7 cm³/mol. The maximum absolute atomic E-state index is 12.0. The summed E-state index contributed by atoms with van der Waals surface area (Å²) in [5.41, 5.74) is 3.01. The van der Waals surface area contributed by atoms with Crippen molar-refractivity contribution in [3.63, 3.8) is 0 Å². The summed E-state index contributed by atoms with van der Waals surface area (Å²) in [6.45, 7) is 3.25. The summed E-state index contributed by atoms with van der Waals surface area (Å²) in [7, 11) is 0. The number of hydrogen-bond acceptors (Lipinski definition) is 4. The molecule has 130 valence electrons. The van der Waals surface area contributed by atoms with Gasteiger partial charge in [0.1, 0.15) is 6.61 Å². The van der Waals surface area contributed by atoms with Gasteiger partial charge in [0, 0.05) is 18.7 Å². The van der Waals surface area contributed by atoms with Gasteiger partial charge in [0.25, 0.3) is 0 Å². The lowest BCUT2D eigenvalue weighted by molar-refractivity contribution is -0.127. The SMILES string of the molecule is C[C@H](NC(=O)COC[C@H]1CCCO1)c1ccc2c(c1)CCC(=O)N2. The number of anilines is 1. The average molecular weight is 332 g/mol. The van der Waals surface area contributed by atoms with Crippen molar-refractivity contribution in [3.05, 3.63) is 29.3 Å². The summed E-state index contributed by atoms with van der Waals surface area (Å²) < 4.78 is 10.9. The van der Waals surface area contributed by atoms with Crippen molar-refractivity contribution in [1.82, 2.24) is 5.32 Å². The predicted octanol–water partition coefficient (Wildman–Crippen LogP) is 1.94. The molecule has 2 N–H and O–H groups in total. The van der Waals surface area contributed by atoms with E-state index in [1.807, 2.05) is 25.1 Å². The number of benzene rings is 1. The lowest BCUT2D eigenvalue weighted by Gasteiger charge is -2.20. The van der Waals surface area contributed by atoms with Gasteiger partial charge in [0.15, 0.2) is 0 Å². The molecule has 0 aromatic heterocycles. The van der Waals surface area contributed by atoms with Crippen molar-refractivity contribution in [2.45, 2.75) is 44.8 Å². The first-order chi connectivity index (χ1) is 11.6. The van der Waals surface area contributed by atoms with Crippen LogP contribution in [0.15, 0.2) is 18.2 Å². The van der Waals surface area contributed by atoms with Gasteiger partial charge in [-0.2, -0.15) is 0 Å². The second kappa shape index (κ2) is 7.77. The lowest BCUT2D eigenvalue weighted by Crippen LogP contribution is -2.31. The highest BCUT2D eigenvalue weighted by molar-refractivity contribution is 5.93. The van der Waals surface area contributed by atoms with E-state index < -0.39 is 0 Å². The van der Waals surface area contributed by atoms with E-state index in [9.17, 15) is 9.59 Å². The van der Waals surface area contributed by atoms with Crippen molar-refractivity contribution in [2.24, 2.45) is 0 Å². The summed E-state index contributed by atoms with van der Waals surface area (Å²) in [6, 6.07) is 5.78. The van der Waals surface area contributed by atoms with Crippen LogP contribution in [0.5, 0.6) is 0 Å². The van der Waals surface area contributed by atoms with Crippen LogP contribution in [0.3, 0.4) is 0 Å². The molecule has 2 aliphatic heterocycles. The fraction of sp³-hybridized carbons (Fsp3) is 0.556. The number of nitrogens with one attached hydrogen (secondary N) is 2. The molecule has 2 amide bonds. The van der Waals surface area contributed by atoms with E-state index in [0.29, 0.717) is 13.0 Å². The smallest absolute Gasteiger partial charge is 0.246 e. The molecule has 0 unspecified atom stereocenters. The van der Waals surface area contributed by atoms with E-state index in [1.54, 1.807) is 0 Å². The van der Waals surface area contributed by atoms with E-state index >= 15 is 0 Å². The van der Waals surface area contributed by atoms with Crippen LogP contribution in [-0.2, 0) is 25.5 Å². The summed E-state index contributed by atoms with van der Waals surface area (Å²) in [5, 5.41) is 5.81. The molecule has 2 aliphatic rings. The van der Waals surface area contributed by atoms with Crippen LogP contribution in [0, 0.1) is 0 Å². The molecule has 1 aromatic rings. The maximum atomic E-state index is 12.0. The van der Waals surface area contributed by atoms with Gasteiger partial charge >= 0.3 is 0 Å². The van der Waals surface area contributed by atoms with Gasteiger partial charge in [0.05, 0.1) is 18.8 Å². The van der Waals surface area contributed by atoms with Crippen LogP contribution in [0.1, 0.15) is 43.4 Å². The number of rotatable bonds is 6. The number of carbonyl (C=O) groups excluding carboxylic acids is 2. The van der Waals surface area contributed by atoms with Gasteiger partial charge < -0.3 is 20.1 Å². The van der Waals surface area contributed by atoms with Crippen LogP contribution in [0.2, 0.25) is 0 Å². The number of amides is 2. The highest BCUT2D eigenvalue weighted by Crippen LogP contribution is 2.26. The zero-order valence-electron chi connectivity index (χ0n) is 14.0. The largest absolute Gasteiger partial charge is 0.376 e. The van der Waals surface area contributed by atoms with Crippen molar-refractivity contribution in [3.8, 4) is 0 Å². The van der Waals surface area contributed by atoms with Gasteiger partial charge in [0.2, 0.25) is 11.8 Å². The molecule has 6 heteroatoms. The Hall–Kier alpha value is -1.92. The Bertz CT molecular complexity index is 611. The number of hydrogen-bond donors (Lipinski definition) is 2. The normalized spacial score (nSPS) is 21.0. The molecule has 6 nitrogen and oxygen atoms in total. The zero-order valence-corrected chi connectivity index (χ0v) is 14.0. The Balaban J connectivity index is 1.48. The van der Waals surface area contributed by atoms with Crippen LogP contribution in [0.4, 0.5) is 5.69 Å². The van der Waals surface area contributed by atoms with E-state index in [0.717, 1.165) is 42.7 Å². The number of fused-ring (bicyclic) bond motifs is 1. The molecule has 1 fully saturated rings. The second-order valence-electron chi connectivity index (χ2n) is 6.40. The van der Waals surface area contributed by atoms with Gasteiger partial charge in [-0.25, -0.2) is 0 Å². The highest BCUT2D eigenvalue weighted by Gasteiger charge is 2.18. The Morgan fingerprint density at radius 3 is 3.12 bits per heavy atom. The lowest BCUT2D eigenvalue weighted by atomic mass is 9.98. The fourth-order valence-electron chi connectivity index (χ4n) is 3.10. The maximum Gasteiger partial charge on any atom is 0.246 e. The summed E-state index contributed by atoms with van der Waals surface area (Å²) >= 11 is 0. The van der Waals surface area contributed by atoms with Crippen molar-refractivity contribution < 1.29 is 19.1 Å². The average Bonchev–Trinajstić information content (AvgIpc) is 3.07. The van der Waals surface area contributed by atoms with Crippen LogP contribution < -0.4 is 10.6 Å². The molecule has 1 aromatic carbocycles. The molecule has 24 heavy (non-hydrogen) atoms. The zero-order chi connectivity index (χ0) is 16.9. The monoisotopic (exact) mass is 332 g/mol. The highest BCUT2D eigenvalue weighted by atomic mass is 16.5. The Kier molecular flexibility index (Phi) is 5.48. The number of ether oxygens (including phenoxy) is 2. The fourth-order valence-corrected chi connectivity index (χ4v) is 3.10. The second-order valence-corrected chi connectivity index (χ2v) is 6.40. The summed E-state index contributed by atoms with van der Waals surface area (Å²) in [6.07, 6.45) is 3.44. The van der Waals surface area contributed by atoms with Gasteiger partial charge in [-0.05, 0) is 43.4 Å². The Labute approximate surface area is 141 Å². The van der Waals surface area contributed by atoms with Crippen LogP contribution in [-0.4, -0.2) is 37.7 Å². The van der Waals surface area contributed by atoms with E-state index in [1.165, 1.54) is 0 Å². The summed E-state index contributed by atoms with van der Waals surface area (Å²) in [5.74, 6) is -0.0773. The van der Waals surface area contributed by atoms with Crippen molar-refractivity contribution in [2.75, 3.05) is 25.1 Å². The molecular formula is C18H24N2O4. The first-order valence-electron chi connectivity index (χ1n) is 8.53. The van der Waals surface area contributed by atoms with E-state index in [4.69, 9.17) is 9.47 Å². The first kappa shape index (κ1) is 16.9. The quantitative estimate of drug-likeness (QED) is 0.835. The third kappa shape index (κ3) is 4.33. The van der Waals surface area contributed by atoms with Gasteiger partial charge in [-0.1, -0.05) is 12.1 Å².